The third kappa shape index (κ3) is 76.1. The third-order valence-electron chi connectivity index (χ3n) is 19.3. The Labute approximate surface area is 619 Å². The molecule has 17 nitrogen and oxygen atoms in total. The van der Waals surface area contributed by atoms with Crippen LogP contribution in [0.4, 0.5) is 0 Å². The van der Waals surface area contributed by atoms with Crippen molar-refractivity contribution in [2.45, 2.75) is 457 Å². The van der Waals surface area contributed by atoms with E-state index in [1.54, 1.807) is 0 Å². The highest BCUT2D eigenvalue weighted by Crippen LogP contribution is 2.45. The molecule has 0 radical (unpaired) electrons. The van der Waals surface area contributed by atoms with Gasteiger partial charge in [-0.1, -0.05) is 388 Å². The normalized spacial score (nSPS) is 13.8. The summed E-state index contributed by atoms with van der Waals surface area (Å²) in [4.78, 5) is 72.9. The van der Waals surface area contributed by atoms with Crippen LogP contribution in [0.1, 0.15) is 439 Å². The molecule has 0 saturated carbocycles. The van der Waals surface area contributed by atoms with Gasteiger partial charge < -0.3 is 33.8 Å². The summed E-state index contributed by atoms with van der Waals surface area (Å²) in [6.07, 6.45) is 66.8. The summed E-state index contributed by atoms with van der Waals surface area (Å²) in [5.74, 6) is -1.30. The van der Waals surface area contributed by atoms with Gasteiger partial charge in [-0.25, -0.2) is 9.13 Å². The van der Waals surface area contributed by atoms with Crippen molar-refractivity contribution < 1.29 is 80.2 Å². The predicted molar refractivity (Wildman–Crippen MR) is 414 cm³/mol. The number of esters is 4. The largest absolute Gasteiger partial charge is 0.472 e. The molecule has 2 unspecified atom stereocenters. The van der Waals surface area contributed by atoms with Gasteiger partial charge in [-0.3, -0.25) is 37.3 Å². The number of hydrogen-bond acceptors (Lipinski definition) is 15. The predicted octanol–water partition coefficient (Wildman–Crippen LogP) is 24.8. The Kier molecular flexibility index (Phi) is 73.5. The van der Waals surface area contributed by atoms with Gasteiger partial charge in [0.25, 0.3) is 0 Å². The van der Waals surface area contributed by atoms with Crippen molar-refractivity contribution >= 4 is 39.5 Å². The summed E-state index contributed by atoms with van der Waals surface area (Å²) in [6.45, 7) is 7.33. The van der Waals surface area contributed by atoms with E-state index >= 15 is 0 Å². The summed E-state index contributed by atoms with van der Waals surface area (Å²) in [5.41, 5.74) is 0. The van der Waals surface area contributed by atoms with E-state index in [1.807, 2.05) is 0 Å². The molecule has 101 heavy (non-hydrogen) atoms. The molecule has 0 aliphatic carbocycles. The van der Waals surface area contributed by atoms with Crippen LogP contribution in [0.2, 0.25) is 0 Å². The Morgan fingerprint density at radius 2 is 0.455 bits per heavy atom. The first kappa shape index (κ1) is 99.1. The minimum atomic E-state index is -4.96. The molecule has 0 aromatic heterocycles. The van der Waals surface area contributed by atoms with Crippen molar-refractivity contribution in [1.82, 2.24) is 0 Å². The van der Waals surface area contributed by atoms with E-state index in [9.17, 15) is 43.2 Å². The van der Waals surface area contributed by atoms with Gasteiger partial charge >= 0.3 is 39.5 Å². The van der Waals surface area contributed by atoms with Crippen molar-refractivity contribution in [2.75, 3.05) is 39.6 Å². The van der Waals surface area contributed by atoms with Gasteiger partial charge in [-0.2, -0.15) is 0 Å². The minimum absolute atomic E-state index is 0.108. The maximum Gasteiger partial charge on any atom is 0.472 e. The van der Waals surface area contributed by atoms with Crippen LogP contribution in [0.15, 0.2) is 0 Å². The number of unbranched alkanes of at least 4 members (excludes halogenated alkanes) is 54. The molecule has 3 N–H and O–H groups in total. The average Bonchev–Trinajstić information content (AvgIpc) is 0.970. The molecule has 600 valence electrons. The Balaban J connectivity index is 5.17. The van der Waals surface area contributed by atoms with Crippen LogP contribution in [0.3, 0.4) is 0 Å². The van der Waals surface area contributed by atoms with Gasteiger partial charge in [0.05, 0.1) is 26.4 Å². The highest BCUT2D eigenvalue weighted by atomic mass is 31.2. The van der Waals surface area contributed by atoms with Gasteiger partial charge in [-0.15, -0.1) is 0 Å². The number of aliphatic hydroxyl groups excluding tert-OH is 1. The lowest BCUT2D eigenvalue weighted by atomic mass is 10.0. The zero-order valence-electron chi connectivity index (χ0n) is 66.1. The molecule has 0 aromatic rings. The molecule has 0 rings (SSSR count). The number of phosphoric acid groups is 2. The molecular formula is C82H160O17P2. The summed E-state index contributed by atoms with van der Waals surface area (Å²) in [7, 11) is -9.91. The second-order valence-corrected chi connectivity index (χ2v) is 32.9. The molecule has 0 amide bonds. The molecule has 0 fully saturated rings. The fraction of sp³-hybridized carbons (Fsp3) is 0.951. The smallest absolute Gasteiger partial charge is 0.462 e. The van der Waals surface area contributed by atoms with Crippen molar-refractivity contribution in [3.8, 4) is 0 Å². The average molecular weight is 1480 g/mol. The summed E-state index contributed by atoms with van der Waals surface area (Å²) < 4.78 is 68.6. The number of hydrogen-bond donors (Lipinski definition) is 3. The fourth-order valence-electron chi connectivity index (χ4n) is 12.8. The SMILES string of the molecule is CCCCCCCCCCCCCCCCCCCCCCC(=O)O[C@H](COC(=O)CCCCCCCCCCCCCCCCCCC(C)C)COP(=O)(O)OC[C@@H](O)COP(=O)(O)OC[C@@H](COC(=O)CCCCCCCCC)OC(=O)CCCCCCCCCCCCCCCCC. The Morgan fingerprint density at radius 3 is 0.673 bits per heavy atom. The highest BCUT2D eigenvalue weighted by molar-refractivity contribution is 7.47. The van der Waals surface area contributed by atoms with Gasteiger partial charge in [0.2, 0.25) is 0 Å². The zero-order valence-corrected chi connectivity index (χ0v) is 67.8. The number of phosphoric ester groups is 2. The summed E-state index contributed by atoms with van der Waals surface area (Å²) in [6, 6.07) is 0. The zero-order chi connectivity index (χ0) is 74.1. The summed E-state index contributed by atoms with van der Waals surface area (Å²) in [5, 5.41) is 10.6. The van der Waals surface area contributed by atoms with E-state index in [4.69, 9.17) is 37.0 Å². The van der Waals surface area contributed by atoms with E-state index in [0.29, 0.717) is 25.7 Å². The molecule has 0 heterocycles. The molecule has 0 aliphatic heterocycles. The highest BCUT2D eigenvalue weighted by Gasteiger charge is 2.30. The number of carbonyl (C=O) groups is 4. The molecule has 0 aliphatic rings. The van der Waals surface area contributed by atoms with E-state index in [-0.39, 0.29) is 25.7 Å². The van der Waals surface area contributed by atoms with Gasteiger partial charge in [0.1, 0.15) is 19.3 Å². The van der Waals surface area contributed by atoms with Crippen molar-refractivity contribution in [3.05, 3.63) is 0 Å². The molecule has 5 atom stereocenters. The monoisotopic (exact) mass is 1480 g/mol. The molecular weight excluding hydrogens is 1320 g/mol. The van der Waals surface area contributed by atoms with Crippen LogP contribution in [0.25, 0.3) is 0 Å². The van der Waals surface area contributed by atoms with E-state index in [1.165, 1.54) is 250 Å². The van der Waals surface area contributed by atoms with Crippen LogP contribution < -0.4 is 0 Å². The van der Waals surface area contributed by atoms with Gasteiger partial charge in [0, 0.05) is 25.7 Å². The van der Waals surface area contributed by atoms with Gasteiger partial charge in [0.15, 0.2) is 12.2 Å². The molecule has 0 bridgehead atoms. The van der Waals surface area contributed by atoms with Crippen LogP contribution >= 0.6 is 15.6 Å². The molecule has 0 spiro atoms. The van der Waals surface area contributed by atoms with Crippen LogP contribution in [0, 0.1) is 5.92 Å². The lowest BCUT2D eigenvalue weighted by Crippen LogP contribution is -2.30. The number of aliphatic hydroxyl groups is 1. The Hall–Kier alpha value is -1.94. The maximum atomic E-state index is 13.1. The molecule has 19 heteroatoms. The quantitative estimate of drug-likeness (QED) is 0.0222. The first-order chi connectivity index (χ1) is 49.0. The number of rotatable bonds is 82. The lowest BCUT2D eigenvalue weighted by Gasteiger charge is -2.21. The van der Waals surface area contributed by atoms with Gasteiger partial charge in [-0.05, 0) is 31.6 Å². The van der Waals surface area contributed by atoms with Crippen molar-refractivity contribution in [3.63, 3.8) is 0 Å². The topological polar surface area (TPSA) is 237 Å². The molecule has 0 aromatic carbocycles. The fourth-order valence-corrected chi connectivity index (χ4v) is 14.3. The Bertz CT molecular complexity index is 1930. The lowest BCUT2D eigenvalue weighted by molar-refractivity contribution is -0.161. The standard InChI is InChI=1S/C82H160O17P2/c1-6-9-12-15-18-20-22-24-26-27-28-29-30-36-40-44-48-53-58-63-68-82(87)99-78(72-93-80(85)66-61-56-51-46-42-38-35-32-31-34-37-41-45-50-54-59-64-75(4)5)74-97-101(90,91)95-70-76(83)69-94-100(88,89)96-73-77(71-92-79(84)65-60-55-49-17-14-11-8-3)98-81(86)67-62-57-52-47-43-39-33-25-23-21-19-16-13-10-7-2/h75-78,83H,6-74H2,1-5H3,(H,88,89)(H,90,91)/t76-,77+,78+/m0/s1. The van der Waals surface area contributed by atoms with E-state index in [0.717, 1.165) is 109 Å². The third-order valence-corrected chi connectivity index (χ3v) is 21.2. The first-order valence-corrected chi connectivity index (χ1v) is 45.6. The van der Waals surface area contributed by atoms with Crippen LogP contribution in [0.5, 0.6) is 0 Å². The van der Waals surface area contributed by atoms with Crippen molar-refractivity contribution in [2.24, 2.45) is 5.92 Å². The van der Waals surface area contributed by atoms with E-state index in [2.05, 4.69) is 34.6 Å². The number of carbonyl (C=O) groups excluding carboxylic acids is 4. The van der Waals surface area contributed by atoms with Crippen LogP contribution in [-0.2, 0) is 65.4 Å². The second kappa shape index (κ2) is 74.9. The summed E-state index contributed by atoms with van der Waals surface area (Å²) >= 11 is 0. The van der Waals surface area contributed by atoms with Crippen molar-refractivity contribution in [1.29, 1.82) is 0 Å². The first-order valence-electron chi connectivity index (χ1n) is 42.6. The van der Waals surface area contributed by atoms with Crippen LogP contribution in [-0.4, -0.2) is 96.7 Å². The van der Waals surface area contributed by atoms with E-state index < -0.39 is 97.5 Å². The molecule has 0 saturated heterocycles. The minimum Gasteiger partial charge on any atom is -0.462 e. The Morgan fingerprint density at radius 1 is 0.267 bits per heavy atom. The second-order valence-electron chi connectivity index (χ2n) is 30.0. The maximum absolute atomic E-state index is 13.1. The number of ether oxygens (including phenoxy) is 4.